The van der Waals surface area contributed by atoms with Crippen LogP contribution in [-0.2, 0) is 5.11 Å². The second-order valence-corrected chi connectivity index (χ2v) is 2.41. The fourth-order valence-electron chi connectivity index (χ4n) is 1.02. The van der Waals surface area contributed by atoms with Gasteiger partial charge in [0.2, 0.25) is 6.10 Å². The maximum atomic E-state index is 11.5. The van der Waals surface area contributed by atoms with E-state index in [0.717, 1.165) is 0 Å². The summed E-state index contributed by atoms with van der Waals surface area (Å²) < 4.78 is 9.89. The number of furan rings is 2. The molecule has 0 aliphatic rings. The lowest BCUT2D eigenvalue weighted by Crippen LogP contribution is -1.92. The van der Waals surface area contributed by atoms with Crippen LogP contribution in [0.5, 0.6) is 0 Å². The van der Waals surface area contributed by atoms with Crippen LogP contribution in [0.25, 0.3) is 0 Å². The number of rotatable bonds is 2. The van der Waals surface area contributed by atoms with Gasteiger partial charge >= 0.3 is 0 Å². The van der Waals surface area contributed by atoms with Gasteiger partial charge in [-0.2, -0.15) is 0 Å². The standard InChI is InChI=1S/C9H7O3/c10-9(7-3-1-5-11-7)8-4-2-6-12-8/h1-6,9H. The van der Waals surface area contributed by atoms with E-state index in [-0.39, 0.29) is 0 Å². The molecule has 0 aliphatic heterocycles. The second-order valence-electron chi connectivity index (χ2n) is 2.41. The first-order valence-corrected chi connectivity index (χ1v) is 3.60. The first-order valence-electron chi connectivity index (χ1n) is 3.60. The van der Waals surface area contributed by atoms with Crippen molar-refractivity contribution < 1.29 is 13.9 Å². The van der Waals surface area contributed by atoms with E-state index in [9.17, 15) is 5.11 Å². The summed E-state index contributed by atoms with van der Waals surface area (Å²) >= 11 is 0. The molecule has 0 aliphatic carbocycles. The van der Waals surface area contributed by atoms with E-state index in [0.29, 0.717) is 11.5 Å². The molecule has 0 N–H and O–H groups in total. The van der Waals surface area contributed by atoms with Crippen LogP contribution >= 0.6 is 0 Å². The molecular weight excluding hydrogens is 156 g/mol. The molecule has 3 heteroatoms. The Hall–Kier alpha value is -1.48. The van der Waals surface area contributed by atoms with E-state index in [1.807, 2.05) is 0 Å². The molecule has 0 saturated heterocycles. The molecule has 2 aromatic rings. The number of hydrogen-bond donors (Lipinski definition) is 0. The van der Waals surface area contributed by atoms with Crippen molar-refractivity contribution in [2.24, 2.45) is 0 Å². The van der Waals surface area contributed by atoms with Crippen LogP contribution < -0.4 is 0 Å². The van der Waals surface area contributed by atoms with Gasteiger partial charge in [0.05, 0.1) is 12.5 Å². The Balaban J connectivity index is 2.27. The SMILES string of the molecule is [O]C(c1ccco1)c1ccco1. The second kappa shape index (κ2) is 2.87. The number of hydrogen-bond acceptors (Lipinski definition) is 2. The summed E-state index contributed by atoms with van der Waals surface area (Å²) in [5.74, 6) is 0.759. The van der Waals surface area contributed by atoms with Gasteiger partial charge < -0.3 is 8.83 Å². The summed E-state index contributed by atoms with van der Waals surface area (Å²) in [6.45, 7) is 0. The third-order valence-corrected chi connectivity index (χ3v) is 1.60. The zero-order valence-corrected chi connectivity index (χ0v) is 6.27. The molecule has 3 nitrogen and oxygen atoms in total. The Labute approximate surface area is 69.2 Å². The zero-order chi connectivity index (χ0) is 8.39. The Morgan fingerprint density at radius 3 is 1.83 bits per heavy atom. The van der Waals surface area contributed by atoms with Gasteiger partial charge in [0.1, 0.15) is 11.5 Å². The lowest BCUT2D eigenvalue weighted by atomic mass is 10.2. The molecule has 0 bridgehead atoms. The van der Waals surface area contributed by atoms with Crippen molar-refractivity contribution in [2.45, 2.75) is 6.10 Å². The molecule has 12 heavy (non-hydrogen) atoms. The van der Waals surface area contributed by atoms with Gasteiger partial charge in [-0.05, 0) is 24.3 Å². The summed E-state index contributed by atoms with van der Waals surface area (Å²) in [5.41, 5.74) is 0. The molecule has 2 rings (SSSR count). The van der Waals surface area contributed by atoms with Crippen molar-refractivity contribution in [2.75, 3.05) is 0 Å². The largest absolute Gasteiger partial charge is 0.466 e. The van der Waals surface area contributed by atoms with Gasteiger partial charge in [0.15, 0.2) is 0 Å². The lowest BCUT2D eigenvalue weighted by Gasteiger charge is -1.99. The van der Waals surface area contributed by atoms with Crippen LogP contribution in [0.4, 0.5) is 0 Å². The average molecular weight is 163 g/mol. The van der Waals surface area contributed by atoms with Gasteiger partial charge in [-0.1, -0.05) is 0 Å². The van der Waals surface area contributed by atoms with Crippen LogP contribution in [0.15, 0.2) is 45.6 Å². The first kappa shape index (κ1) is 7.18. The third kappa shape index (κ3) is 1.14. The van der Waals surface area contributed by atoms with E-state index in [4.69, 9.17) is 8.83 Å². The lowest BCUT2D eigenvalue weighted by molar-refractivity contribution is 0.0839. The molecule has 0 saturated carbocycles. The third-order valence-electron chi connectivity index (χ3n) is 1.60. The highest BCUT2D eigenvalue weighted by molar-refractivity contribution is 5.14. The highest BCUT2D eigenvalue weighted by Crippen LogP contribution is 2.22. The van der Waals surface area contributed by atoms with E-state index < -0.39 is 6.10 Å². The van der Waals surface area contributed by atoms with Crippen molar-refractivity contribution in [3.05, 3.63) is 48.3 Å². The van der Waals surface area contributed by atoms with Crippen molar-refractivity contribution in [3.8, 4) is 0 Å². The smallest absolute Gasteiger partial charge is 0.207 e. The minimum absolute atomic E-state index is 0.380. The minimum Gasteiger partial charge on any atom is -0.466 e. The monoisotopic (exact) mass is 163 g/mol. The van der Waals surface area contributed by atoms with E-state index in [1.165, 1.54) is 12.5 Å². The van der Waals surface area contributed by atoms with Crippen LogP contribution in [0.3, 0.4) is 0 Å². The fraction of sp³-hybridized carbons (Fsp3) is 0.111. The highest BCUT2D eigenvalue weighted by atomic mass is 16.4. The summed E-state index contributed by atoms with van der Waals surface area (Å²) in [6, 6.07) is 6.65. The van der Waals surface area contributed by atoms with Gasteiger partial charge in [0, 0.05) is 0 Å². The molecule has 0 spiro atoms. The van der Waals surface area contributed by atoms with E-state index in [1.54, 1.807) is 24.3 Å². The summed E-state index contributed by atoms with van der Waals surface area (Å²) in [4.78, 5) is 0. The highest BCUT2D eigenvalue weighted by Gasteiger charge is 2.17. The molecule has 0 fully saturated rings. The van der Waals surface area contributed by atoms with Crippen molar-refractivity contribution in [1.82, 2.24) is 0 Å². The maximum Gasteiger partial charge on any atom is 0.207 e. The molecule has 0 atom stereocenters. The minimum atomic E-state index is -1.05. The van der Waals surface area contributed by atoms with E-state index in [2.05, 4.69) is 0 Å². The van der Waals surface area contributed by atoms with Crippen molar-refractivity contribution in [3.63, 3.8) is 0 Å². The summed E-state index contributed by atoms with van der Waals surface area (Å²) in [7, 11) is 0. The van der Waals surface area contributed by atoms with Gasteiger partial charge in [-0.25, -0.2) is 5.11 Å². The van der Waals surface area contributed by atoms with Gasteiger partial charge in [-0.15, -0.1) is 0 Å². The molecule has 0 aromatic carbocycles. The van der Waals surface area contributed by atoms with Crippen LogP contribution in [-0.4, -0.2) is 0 Å². The maximum absolute atomic E-state index is 11.5. The van der Waals surface area contributed by atoms with Crippen LogP contribution in [0.1, 0.15) is 17.6 Å². The van der Waals surface area contributed by atoms with Crippen molar-refractivity contribution >= 4 is 0 Å². The molecule has 0 amide bonds. The predicted octanol–water partition coefficient (Wildman–Crippen LogP) is 2.39. The Morgan fingerprint density at radius 2 is 1.50 bits per heavy atom. The summed E-state index contributed by atoms with van der Waals surface area (Å²) in [6.07, 6.45) is 1.90. The topological polar surface area (TPSA) is 46.2 Å². The van der Waals surface area contributed by atoms with E-state index >= 15 is 0 Å². The van der Waals surface area contributed by atoms with Gasteiger partial charge in [0.25, 0.3) is 0 Å². The normalized spacial score (nSPS) is 10.8. The summed E-state index contributed by atoms with van der Waals surface area (Å²) in [5, 5.41) is 11.5. The van der Waals surface area contributed by atoms with Crippen molar-refractivity contribution in [1.29, 1.82) is 0 Å². The Morgan fingerprint density at radius 1 is 1.00 bits per heavy atom. The van der Waals surface area contributed by atoms with Gasteiger partial charge in [-0.3, -0.25) is 0 Å². The predicted molar refractivity (Wildman–Crippen MR) is 39.9 cm³/mol. The quantitative estimate of drug-likeness (QED) is 0.682. The Kier molecular flexibility index (Phi) is 1.72. The zero-order valence-electron chi connectivity index (χ0n) is 6.27. The molecule has 2 heterocycles. The first-order chi connectivity index (χ1) is 5.88. The molecule has 0 unspecified atom stereocenters. The van der Waals surface area contributed by atoms with Crippen LogP contribution in [0, 0.1) is 0 Å². The average Bonchev–Trinajstić information content (AvgIpc) is 2.77. The molecular formula is C9H7O3. The molecule has 61 valence electrons. The molecule has 1 radical (unpaired) electrons. The Bertz CT molecular complexity index is 286. The fourth-order valence-corrected chi connectivity index (χ4v) is 1.02. The molecule has 2 aromatic heterocycles. The van der Waals surface area contributed by atoms with Crippen LogP contribution in [0.2, 0.25) is 0 Å².